The fourth-order valence-corrected chi connectivity index (χ4v) is 4.22. The van der Waals surface area contributed by atoms with E-state index in [1.807, 2.05) is 30.3 Å². The van der Waals surface area contributed by atoms with Crippen LogP contribution in [0.2, 0.25) is 0 Å². The highest BCUT2D eigenvalue weighted by atomic mass is 32.2. The topological polar surface area (TPSA) is 127 Å². The Kier molecular flexibility index (Phi) is 5.23. The summed E-state index contributed by atoms with van der Waals surface area (Å²) in [5.41, 5.74) is 1.37. The standard InChI is InChI=1S/C16H15N7O3S2/c1-26-7-6-17-12-4-5-13-20-21-15(23(13)22-12)27-9-2-3-10-11(8-9)28-14(18-10)19-16(24)25/h2-5,8H,6-7H2,1H3,(H,17,22)(H,18,19)(H,24,25). The van der Waals surface area contributed by atoms with Crippen molar-refractivity contribution in [3.8, 4) is 0 Å². The predicted octanol–water partition coefficient (Wildman–Crippen LogP) is 3.03. The van der Waals surface area contributed by atoms with Crippen LogP contribution in [0, 0.1) is 0 Å². The quantitative estimate of drug-likeness (QED) is 0.389. The molecule has 0 bridgehead atoms. The number of fused-ring (bicyclic) bond motifs is 2. The van der Waals surface area contributed by atoms with E-state index >= 15 is 0 Å². The van der Waals surface area contributed by atoms with Gasteiger partial charge in [0.15, 0.2) is 10.8 Å². The van der Waals surface area contributed by atoms with Gasteiger partial charge in [-0.15, -0.1) is 15.3 Å². The maximum atomic E-state index is 10.8. The largest absolute Gasteiger partial charge is 0.465 e. The van der Waals surface area contributed by atoms with Crippen LogP contribution in [0.1, 0.15) is 0 Å². The molecule has 28 heavy (non-hydrogen) atoms. The highest BCUT2D eigenvalue weighted by Crippen LogP contribution is 2.32. The van der Waals surface area contributed by atoms with Crippen LogP contribution in [-0.4, -0.2) is 56.3 Å². The van der Waals surface area contributed by atoms with Gasteiger partial charge in [0.1, 0.15) is 5.82 Å². The number of methoxy groups -OCH3 is 1. The number of amides is 1. The Balaban J connectivity index is 1.58. The molecule has 4 aromatic rings. The lowest BCUT2D eigenvalue weighted by Crippen LogP contribution is -2.10. The van der Waals surface area contributed by atoms with E-state index in [0.717, 1.165) is 15.1 Å². The highest BCUT2D eigenvalue weighted by molar-refractivity contribution is 7.99. The molecule has 0 atom stereocenters. The van der Waals surface area contributed by atoms with Gasteiger partial charge in [0, 0.05) is 18.6 Å². The van der Waals surface area contributed by atoms with E-state index in [9.17, 15) is 4.79 Å². The van der Waals surface area contributed by atoms with E-state index in [0.29, 0.717) is 34.9 Å². The average molecular weight is 417 g/mol. The van der Waals surface area contributed by atoms with Crippen molar-refractivity contribution < 1.29 is 14.6 Å². The number of nitrogens with one attached hydrogen (secondary N) is 2. The molecular weight excluding hydrogens is 402 g/mol. The van der Waals surface area contributed by atoms with Gasteiger partial charge >= 0.3 is 6.09 Å². The minimum absolute atomic E-state index is 0.339. The van der Waals surface area contributed by atoms with Crippen molar-refractivity contribution in [3.63, 3.8) is 0 Å². The second-order valence-corrected chi connectivity index (χ2v) is 7.64. The van der Waals surface area contributed by atoms with Crippen molar-refractivity contribution in [3.05, 3.63) is 30.3 Å². The zero-order valence-electron chi connectivity index (χ0n) is 14.6. The number of hydrogen-bond donors (Lipinski definition) is 3. The molecule has 0 radical (unpaired) electrons. The number of nitrogens with zero attached hydrogens (tertiary/aromatic N) is 5. The summed E-state index contributed by atoms with van der Waals surface area (Å²) in [7, 11) is 1.65. The van der Waals surface area contributed by atoms with E-state index in [2.05, 4.69) is 30.9 Å². The molecule has 0 aliphatic heterocycles. The van der Waals surface area contributed by atoms with Crippen molar-refractivity contribution in [2.45, 2.75) is 10.1 Å². The van der Waals surface area contributed by atoms with E-state index in [4.69, 9.17) is 9.84 Å². The van der Waals surface area contributed by atoms with Gasteiger partial charge in [-0.25, -0.2) is 9.78 Å². The lowest BCUT2D eigenvalue weighted by molar-refractivity contribution is 0.209. The molecule has 1 aromatic carbocycles. The first-order valence-corrected chi connectivity index (χ1v) is 9.79. The van der Waals surface area contributed by atoms with Crippen LogP contribution in [0.4, 0.5) is 15.7 Å². The van der Waals surface area contributed by atoms with Gasteiger partial charge in [0.2, 0.25) is 5.16 Å². The van der Waals surface area contributed by atoms with Gasteiger partial charge in [0.25, 0.3) is 0 Å². The fraction of sp³-hybridized carbons (Fsp3) is 0.188. The zero-order chi connectivity index (χ0) is 19.5. The molecule has 0 fully saturated rings. The Hall–Kier alpha value is -2.96. The average Bonchev–Trinajstić information content (AvgIpc) is 3.24. The molecule has 0 aliphatic carbocycles. The Bertz CT molecular complexity index is 1140. The van der Waals surface area contributed by atoms with Crippen molar-refractivity contribution in [1.82, 2.24) is 24.8 Å². The molecule has 10 nitrogen and oxygen atoms in total. The minimum atomic E-state index is -1.13. The van der Waals surface area contributed by atoms with Crippen molar-refractivity contribution in [2.75, 3.05) is 30.9 Å². The van der Waals surface area contributed by atoms with Crippen LogP contribution in [-0.2, 0) is 4.74 Å². The maximum Gasteiger partial charge on any atom is 0.410 e. The van der Waals surface area contributed by atoms with E-state index in [-0.39, 0.29) is 0 Å². The SMILES string of the molecule is COCCNc1ccc2nnc(Sc3ccc4nc(NC(=O)O)sc4c3)n2n1. The first kappa shape index (κ1) is 18.4. The summed E-state index contributed by atoms with van der Waals surface area (Å²) in [4.78, 5) is 15.9. The van der Waals surface area contributed by atoms with Crippen LogP contribution in [0.25, 0.3) is 15.9 Å². The molecule has 3 aromatic heterocycles. The third-order valence-corrected chi connectivity index (χ3v) is 5.49. The summed E-state index contributed by atoms with van der Waals surface area (Å²) in [6, 6.07) is 9.37. The Morgan fingerprint density at radius 1 is 1.32 bits per heavy atom. The Labute approximate surface area is 166 Å². The van der Waals surface area contributed by atoms with Crippen molar-refractivity contribution in [1.29, 1.82) is 0 Å². The number of hydrogen-bond acceptors (Lipinski definition) is 9. The molecule has 0 saturated heterocycles. The van der Waals surface area contributed by atoms with Crippen molar-refractivity contribution in [2.24, 2.45) is 0 Å². The van der Waals surface area contributed by atoms with Gasteiger partial charge in [-0.2, -0.15) is 4.52 Å². The minimum Gasteiger partial charge on any atom is -0.465 e. The first-order valence-electron chi connectivity index (χ1n) is 8.16. The van der Waals surface area contributed by atoms with Gasteiger partial charge in [-0.1, -0.05) is 11.3 Å². The first-order chi connectivity index (χ1) is 13.6. The summed E-state index contributed by atoms with van der Waals surface area (Å²) >= 11 is 2.69. The lowest BCUT2D eigenvalue weighted by Gasteiger charge is -2.05. The number of rotatable bonds is 7. The molecule has 0 spiro atoms. The number of thiazole rings is 1. The second kappa shape index (κ2) is 7.96. The summed E-state index contributed by atoms with van der Waals surface area (Å²) in [6.45, 7) is 1.23. The third-order valence-electron chi connectivity index (χ3n) is 3.63. The van der Waals surface area contributed by atoms with Crippen LogP contribution < -0.4 is 10.6 Å². The van der Waals surface area contributed by atoms with Crippen LogP contribution in [0.5, 0.6) is 0 Å². The molecule has 12 heteroatoms. The fourth-order valence-electron chi connectivity index (χ4n) is 2.43. The number of anilines is 2. The second-order valence-electron chi connectivity index (χ2n) is 5.57. The Morgan fingerprint density at radius 3 is 3.04 bits per heavy atom. The normalized spacial score (nSPS) is 11.2. The van der Waals surface area contributed by atoms with Gasteiger partial charge in [0.05, 0.1) is 16.8 Å². The lowest BCUT2D eigenvalue weighted by atomic mass is 10.3. The summed E-state index contributed by atoms with van der Waals surface area (Å²) in [5, 5.41) is 28.1. The van der Waals surface area contributed by atoms with Crippen LogP contribution >= 0.6 is 23.1 Å². The van der Waals surface area contributed by atoms with Gasteiger partial charge in [-0.3, -0.25) is 5.32 Å². The van der Waals surface area contributed by atoms with Crippen molar-refractivity contribution >= 4 is 56.0 Å². The van der Waals surface area contributed by atoms with Gasteiger partial charge < -0.3 is 15.2 Å². The molecule has 3 heterocycles. The monoisotopic (exact) mass is 417 g/mol. The summed E-state index contributed by atoms with van der Waals surface area (Å²) in [6.07, 6.45) is -1.13. The smallest absolute Gasteiger partial charge is 0.410 e. The highest BCUT2D eigenvalue weighted by Gasteiger charge is 2.12. The van der Waals surface area contributed by atoms with E-state index < -0.39 is 6.09 Å². The number of aromatic nitrogens is 5. The van der Waals surface area contributed by atoms with Crippen LogP contribution in [0.3, 0.4) is 0 Å². The predicted molar refractivity (Wildman–Crippen MR) is 107 cm³/mol. The molecular formula is C16H15N7O3S2. The number of carbonyl (C=O) groups is 1. The number of ether oxygens (including phenoxy) is 1. The molecule has 0 aliphatic rings. The third kappa shape index (κ3) is 3.98. The molecule has 1 amide bonds. The maximum absolute atomic E-state index is 10.8. The molecule has 0 unspecified atom stereocenters. The zero-order valence-corrected chi connectivity index (χ0v) is 16.3. The molecule has 0 saturated carbocycles. The molecule has 4 rings (SSSR count). The number of carboxylic acid groups (broad SMARTS) is 1. The van der Waals surface area contributed by atoms with Crippen LogP contribution in [0.15, 0.2) is 40.4 Å². The molecule has 144 valence electrons. The van der Waals surface area contributed by atoms with E-state index in [1.165, 1.54) is 23.1 Å². The number of benzene rings is 1. The molecule has 3 N–H and O–H groups in total. The van der Waals surface area contributed by atoms with Gasteiger partial charge in [-0.05, 0) is 42.1 Å². The summed E-state index contributed by atoms with van der Waals surface area (Å²) < 4.78 is 7.58. The van der Waals surface area contributed by atoms with E-state index in [1.54, 1.807) is 11.6 Å². The Morgan fingerprint density at radius 2 is 2.21 bits per heavy atom. The summed E-state index contributed by atoms with van der Waals surface area (Å²) in [5.74, 6) is 0.702.